The Labute approximate surface area is 139 Å². The molecule has 122 valence electrons. The summed E-state index contributed by atoms with van der Waals surface area (Å²) in [5, 5.41) is 2.80. The number of ether oxygens (including phenoxy) is 1. The molecule has 0 saturated carbocycles. The van der Waals surface area contributed by atoms with Gasteiger partial charge in [0, 0.05) is 18.3 Å². The highest BCUT2D eigenvalue weighted by molar-refractivity contribution is 6.06. The Kier molecular flexibility index (Phi) is 4.29. The zero-order valence-electron chi connectivity index (χ0n) is 13.4. The summed E-state index contributed by atoms with van der Waals surface area (Å²) in [6.07, 6.45) is 1.71. The number of fused-ring (bicyclic) bond motifs is 1. The molecule has 0 aliphatic heterocycles. The minimum atomic E-state index is -0.379. The zero-order chi connectivity index (χ0) is 17.1. The lowest BCUT2D eigenvalue weighted by atomic mass is 10.1. The number of anilines is 1. The summed E-state index contributed by atoms with van der Waals surface area (Å²) in [7, 11) is 1.90. The van der Waals surface area contributed by atoms with Gasteiger partial charge in [-0.3, -0.25) is 4.79 Å². The fraction of sp³-hybridized carbons (Fsp3) is 0.167. The SMILES string of the molecule is CCOC(=O)c1ccc(NC(=O)c2ccc3c(c2)ncn3C)cc1. The molecular formula is C18H17N3O3. The zero-order valence-corrected chi connectivity index (χ0v) is 13.4. The summed E-state index contributed by atoms with van der Waals surface area (Å²) >= 11 is 0. The summed E-state index contributed by atoms with van der Waals surface area (Å²) in [4.78, 5) is 28.2. The largest absolute Gasteiger partial charge is 0.462 e. The number of esters is 1. The van der Waals surface area contributed by atoms with Crippen molar-refractivity contribution >= 4 is 28.6 Å². The van der Waals surface area contributed by atoms with Crippen molar-refractivity contribution in [1.29, 1.82) is 0 Å². The van der Waals surface area contributed by atoms with Crippen LogP contribution >= 0.6 is 0 Å². The quantitative estimate of drug-likeness (QED) is 0.749. The van der Waals surface area contributed by atoms with Crippen LogP contribution < -0.4 is 5.32 Å². The fourth-order valence-corrected chi connectivity index (χ4v) is 2.38. The minimum Gasteiger partial charge on any atom is -0.462 e. The predicted molar refractivity (Wildman–Crippen MR) is 91.1 cm³/mol. The van der Waals surface area contributed by atoms with Gasteiger partial charge in [0.05, 0.1) is 29.5 Å². The number of benzene rings is 2. The van der Waals surface area contributed by atoms with E-state index in [-0.39, 0.29) is 11.9 Å². The Morgan fingerprint density at radius 1 is 1.12 bits per heavy atom. The number of amides is 1. The lowest BCUT2D eigenvalue weighted by molar-refractivity contribution is 0.0526. The topological polar surface area (TPSA) is 73.2 Å². The normalized spacial score (nSPS) is 10.6. The monoisotopic (exact) mass is 323 g/mol. The first kappa shape index (κ1) is 15.7. The molecule has 3 aromatic rings. The molecular weight excluding hydrogens is 306 g/mol. The van der Waals surface area contributed by atoms with Crippen molar-refractivity contribution in [3.05, 3.63) is 59.9 Å². The van der Waals surface area contributed by atoms with E-state index in [1.165, 1.54) is 0 Å². The third-order valence-corrected chi connectivity index (χ3v) is 3.64. The van der Waals surface area contributed by atoms with Crippen molar-refractivity contribution < 1.29 is 14.3 Å². The smallest absolute Gasteiger partial charge is 0.338 e. The number of hydrogen-bond donors (Lipinski definition) is 1. The number of imidazole rings is 1. The van der Waals surface area contributed by atoms with Crippen LogP contribution in [0.25, 0.3) is 11.0 Å². The van der Waals surface area contributed by atoms with Gasteiger partial charge in [0.25, 0.3) is 5.91 Å². The molecule has 0 atom stereocenters. The number of nitrogens with zero attached hydrogens (tertiary/aromatic N) is 2. The fourth-order valence-electron chi connectivity index (χ4n) is 2.38. The molecule has 1 aromatic heterocycles. The van der Waals surface area contributed by atoms with Gasteiger partial charge in [-0.15, -0.1) is 0 Å². The average Bonchev–Trinajstić information content (AvgIpc) is 2.96. The first-order valence-electron chi connectivity index (χ1n) is 7.58. The maximum atomic E-state index is 12.3. The summed E-state index contributed by atoms with van der Waals surface area (Å²) in [6, 6.07) is 11.9. The van der Waals surface area contributed by atoms with Gasteiger partial charge < -0.3 is 14.6 Å². The summed E-state index contributed by atoms with van der Waals surface area (Å²) in [6.45, 7) is 2.08. The molecule has 3 rings (SSSR count). The van der Waals surface area contributed by atoms with Gasteiger partial charge >= 0.3 is 5.97 Å². The highest BCUT2D eigenvalue weighted by atomic mass is 16.5. The molecule has 1 heterocycles. The van der Waals surface area contributed by atoms with E-state index in [0.29, 0.717) is 23.4 Å². The summed E-state index contributed by atoms with van der Waals surface area (Å²) in [5.74, 6) is -0.609. The lowest BCUT2D eigenvalue weighted by Crippen LogP contribution is -2.12. The number of aryl methyl sites for hydroxylation is 1. The van der Waals surface area contributed by atoms with Crippen LogP contribution in [-0.2, 0) is 11.8 Å². The van der Waals surface area contributed by atoms with Gasteiger partial charge in [-0.1, -0.05) is 0 Å². The van der Waals surface area contributed by atoms with Crippen LogP contribution in [0.5, 0.6) is 0 Å². The van der Waals surface area contributed by atoms with Crippen LogP contribution in [0.15, 0.2) is 48.8 Å². The van der Waals surface area contributed by atoms with Crippen molar-refractivity contribution in [3.63, 3.8) is 0 Å². The predicted octanol–water partition coefficient (Wildman–Crippen LogP) is 3.00. The van der Waals surface area contributed by atoms with Crippen LogP contribution in [0.1, 0.15) is 27.6 Å². The first-order valence-corrected chi connectivity index (χ1v) is 7.58. The molecule has 0 bridgehead atoms. The molecule has 0 aliphatic rings. The number of carbonyl (C=O) groups excluding carboxylic acids is 2. The molecule has 0 saturated heterocycles. The van der Waals surface area contributed by atoms with E-state index in [1.54, 1.807) is 49.6 Å². The van der Waals surface area contributed by atoms with E-state index in [1.807, 2.05) is 17.7 Å². The highest BCUT2D eigenvalue weighted by Crippen LogP contribution is 2.16. The van der Waals surface area contributed by atoms with Crippen LogP contribution in [0, 0.1) is 0 Å². The molecule has 0 spiro atoms. The molecule has 6 nitrogen and oxygen atoms in total. The summed E-state index contributed by atoms with van der Waals surface area (Å²) < 4.78 is 6.82. The molecule has 0 fully saturated rings. The van der Waals surface area contributed by atoms with Crippen molar-refractivity contribution in [2.45, 2.75) is 6.92 Å². The van der Waals surface area contributed by atoms with Gasteiger partial charge in [-0.2, -0.15) is 0 Å². The Hall–Kier alpha value is -3.15. The van der Waals surface area contributed by atoms with Gasteiger partial charge in [0.1, 0.15) is 0 Å². The number of carbonyl (C=O) groups is 2. The Bertz CT molecular complexity index is 898. The number of rotatable bonds is 4. The van der Waals surface area contributed by atoms with Crippen LogP contribution in [-0.4, -0.2) is 28.0 Å². The number of nitrogens with one attached hydrogen (secondary N) is 1. The van der Waals surface area contributed by atoms with E-state index in [4.69, 9.17) is 4.74 Å². The van der Waals surface area contributed by atoms with Crippen LogP contribution in [0.3, 0.4) is 0 Å². The molecule has 1 amide bonds. The lowest BCUT2D eigenvalue weighted by Gasteiger charge is -2.07. The third kappa shape index (κ3) is 3.12. The minimum absolute atomic E-state index is 0.230. The van der Waals surface area contributed by atoms with Gasteiger partial charge in [-0.05, 0) is 49.4 Å². The van der Waals surface area contributed by atoms with Gasteiger partial charge in [-0.25, -0.2) is 9.78 Å². The van der Waals surface area contributed by atoms with Crippen LogP contribution in [0.2, 0.25) is 0 Å². The molecule has 0 unspecified atom stereocenters. The second-order valence-electron chi connectivity index (χ2n) is 5.31. The standard InChI is InChI=1S/C18H17N3O3/c1-3-24-18(23)12-4-7-14(8-5-12)20-17(22)13-6-9-16-15(10-13)19-11-21(16)2/h4-11H,3H2,1-2H3,(H,20,22). The molecule has 0 aliphatic carbocycles. The molecule has 0 radical (unpaired) electrons. The van der Waals surface area contributed by atoms with E-state index >= 15 is 0 Å². The van der Waals surface area contributed by atoms with Crippen LogP contribution in [0.4, 0.5) is 5.69 Å². The van der Waals surface area contributed by atoms with E-state index in [2.05, 4.69) is 10.3 Å². The first-order chi connectivity index (χ1) is 11.6. The number of hydrogen-bond acceptors (Lipinski definition) is 4. The maximum Gasteiger partial charge on any atom is 0.338 e. The van der Waals surface area contributed by atoms with Crippen molar-refractivity contribution in [3.8, 4) is 0 Å². The van der Waals surface area contributed by atoms with E-state index in [9.17, 15) is 9.59 Å². The van der Waals surface area contributed by atoms with Crippen molar-refractivity contribution in [1.82, 2.24) is 9.55 Å². The molecule has 24 heavy (non-hydrogen) atoms. The second kappa shape index (κ2) is 6.54. The Balaban J connectivity index is 1.74. The Morgan fingerprint density at radius 3 is 2.54 bits per heavy atom. The van der Waals surface area contributed by atoms with Crippen molar-refractivity contribution in [2.24, 2.45) is 7.05 Å². The van der Waals surface area contributed by atoms with Crippen molar-refractivity contribution in [2.75, 3.05) is 11.9 Å². The van der Waals surface area contributed by atoms with E-state index in [0.717, 1.165) is 11.0 Å². The van der Waals surface area contributed by atoms with Gasteiger partial charge in [0.15, 0.2) is 0 Å². The highest BCUT2D eigenvalue weighted by Gasteiger charge is 2.10. The third-order valence-electron chi connectivity index (χ3n) is 3.64. The molecule has 6 heteroatoms. The second-order valence-corrected chi connectivity index (χ2v) is 5.31. The molecule has 2 aromatic carbocycles. The van der Waals surface area contributed by atoms with E-state index < -0.39 is 0 Å². The maximum absolute atomic E-state index is 12.3. The molecule has 1 N–H and O–H groups in total. The Morgan fingerprint density at radius 2 is 1.83 bits per heavy atom. The average molecular weight is 323 g/mol. The number of aromatic nitrogens is 2. The van der Waals surface area contributed by atoms with Gasteiger partial charge in [0.2, 0.25) is 0 Å². The summed E-state index contributed by atoms with van der Waals surface area (Å²) in [5.41, 5.74) is 3.31.